The maximum Gasteiger partial charge on any atom is 0.308 e. The van der Waals surface area contributed by atoms with Crippen molar-refractivity contribution in [2.24, 2.45) is 5.92 Å². The highest BCUT2D eigenvalue weighted by atomic mass is 16.5. The van der Waals surface area contributed by atoms with Crippen LogP contribution in [0.2, 0.25) is 0 Å². The Morgan fingerprint density at radius 1 is 1.27 bits per heavy atom. The van der Waals surface area contributed by atoms with E-state index >= 15 is 0 Å². The van der Waals surface area contributed by atoms with E-state index in [0.29, 0.717) is 0 Å². The lowest BCUT2D eigenvalue weighted by molar-refractivity contribution is -0.147. The number of nitrogens with zero attached hydrogens (tertiary/aromatic N) is 3. The molecule has 0 bridgehead atoms. The lowest BCUT2D eigenvalue weighted by atomic mass is 9.97. The number of ether oxygens (including phenoxy) is 1. The number of carbonyl (C=O) groups excluding carboxylic acids is 1. The molecule has 1 aromatic heterocycles. The first-order valence-corrected chi connectivity index (χ1v) is 7.65. The molecule has 3 rings (SSSR count). The predicted molar refractivity (Wildman–Crippen MR) is 83.6 cm³/mol. The van der Waals surface area contributed by atoms with Gasteiger partial charge in [0.15, 0.2) is 0 Å². The van der Waals surface area contributed by atoms with Gasteiger partial charge in [-0.05, 0) is 38.1 Å². The van der Waals surface area contributed by atoms with Gasteiger partial charge in [0.25, 0.3) is 0 Å². The molecule has 1 aliphatic heterocycles. The zero-order chi connectivity index (χ0) is 15.4. The zero-order valence-corrected chi connectivity index (χ0v) is 12.8. The number of hydrogen-bond donors (Lipinski definition) is 0. The number of piperidine rings is 1. The molecule has 116 valence electrons. The van der Waals surface area contributed by atoms with Gasteiger partial charge in [-0.2, -0.15) is 5.10 Å². The summed E-state index contributed by atoms with van der Waals surface area (Å²) in [4.78, 5) is 13.9. The summed E-state index contributed by atoms with van der Waals surface area (Å²) in [6.45, 7) is 2.73. The molecule has 0 amide bonds. The molecular weight excluding hydrogens is 278 g/mol. The van der Waals surface area contributed by atoms with Crippen molar-refractivity contribution >= 4 is 5.97 Å². The number of aromatic nitrogens is 2. The summed E-state index contributed by atoms with van der Waals surface area (Å²) >= 11 is 0. The van der Waals surface area contributed by atoms with Gasteiger partial charge in [-0.15, -0.1) is 0 Å². The third-order valence-corrected chi connectivity index (χ3v) is 4.19. The highest BCUT2D eigenvalue weighted by Crippen LogP contribution is 2.20. The van der Waals surface area contributed by atoms with Crippen LogP contribution in [0.3, 0.4) is 0 Å². The van der Waals surface area contributed by atoms with Crippen molar-refractivity contribution in [2.45, 2.75) is 19.4 Å². The van der Waals surface area contributed by atoms with Gasteiger partial charge in [0.1, 0.15) is 0 Å². The van der Waals surface area contributed by atoms with Crippen LogP contribution in [0.5, 0.6) is 0 Å². The fourth-order valence-corrected chi connectivity index (χ4v) is 2.92. The van der Waals surface area contributed by atoms with Crippen LogP contribution in [0.15, 0.2) is 42.7 Å². The number of likely N-dealkylation sites (tertiary alicyclic amines) is 1. The van der Waals surface area contributed by atoms with E-state index in [4.69, 9.17) is 4.74 Å². The molecule has 1 aliphatic rings. The second-order valence-corrected chi connectivity index (χ2v) is 5.70. The largest absolute Gasteiger partial charge is 0.469 e. The first-order chi connectivity index (χ1) is 10.8. The van der Waals surface area contributed by atoms with Gasteiger partial charge in [0.05, 0.1) is 24.9 Å². The standard InChI is InChI=1S/C17H21N3O2/c1-22-17(21)15-7-9-19(10-8-15)12-14-11-18-20(13-14)16-5-3-2-4-6-16/h2-6,11,13,15H,7-10,12H2,1H3. The monoisotopic (exact) mass is 299 g/mol. The van der Waals surface area contributed by atoms with Crippen molar-refractivity contribution in [3.63, 3.8) is 0 Å². The summed E-state index contributed by atoms with van der Waals surface area (Å²) in [5.74, 6) is -0.00941. The second-order valence-electron chi connectivity index (χ2n) is 5.70. The van der Waals surface area contributed by atoms with Crippen LogP contribution in [0.4, 0.5) is 0 Å². The molecule has 1 saturated heterocycles. The third kappa shape index (κ3) is 3.36. The van der Waals surface area contributed by atoms with E-state index in [2.05, 4.69) is 16.2 Å². The molecule has 0 spiro atoms. The molecule has 0 N–H and O–H groups in total. The van der Waals surface area contributed by atoms with Gasteiger partial charge in [0.2, 0.25) is 0 Å². The number of para-hydroxylation sites is 1. The van der Waals surface area contributed by atoms with Gasteiger partial charge in [-0.25, -0.2) is 4.68 Å². The van der Waals surface area contributed by atoms with E-state index in [1.54, 1.807) is 0 Å². The van der Waals surface area contributed by atoms with Gasteiger partial charge in [-0.1, -0.05) is 18.2 Å². The smallest absolute Gasteiger partial charge is 0.308 e. The molecular formula is C17H21N3O2. The van der Waals surface area contributed by atoms with Crippen molar-refractivity contribution in [1.29, 1.82) is 0 Å². The normalized spacial score (nSPS) is 16.6. The molecule has 0 unspecified atom stereocenters. The molecule has 2 heterocycles. The van der Waals surface area contributed by atoms with Crippen LogP contribution < -0.4 is 0 Å². The average Bonchev–Trinajstić information content (AvgIpc) is 3.04. The molecule has 0 aliphatic carbocycles. The summed E-state index contributed by atoms with van der Waals surface area (Å²) in [5.41, 5.74) is 2.26. The van der Waals surface area contributed by atoms with E-state index in [1.165, 1.54) is 12.7 Å². The highest BCUT2D eigenvalue weighted by molar-refractivity contribution is 5.72. The quantitative estimate of drug-likeness (QED) is 0.813. The Bertz CT molecular complexity index is 616. The topological polar surface area (TPSA) is 47.4 Å². The molecule has 1 fully saturated rings. The van der Waals surface area contributed by atoms with Crippen LogP contribution in [-0.4, -0.2) is 40.8 Å². The summed E-state index contributed by atoms with van der Waals surface area (Å²) in [7, 11) is 1.46. The van der Waals surface area contributed by atoms with Gasteiger partial charge >= 0.3 is 5.97 Å². The van der Waals surface area contributed by atoms with Gasteiger partial charge < -0.3 is 4.74 Å². The van der Waals surface area contributed by atoms with Crippen LogP contribution in [0, 0.1) is 5.92 Å². The minimum absolute atomic E-state index is 0.0632. The molecule has 5 nitrogen and oxygen atoms in total. The van der Waals surface area contributed by atoms with Gasteiger partial charge in [0, 0.05) is 18.3 Å². The average molecular weight is 299 g/mol. The van der Waals surface area contributed by atoms with Crippen LogP contribution >= 0.6 is 0 Å². The van der Waals surface area contributed by atoms with Crippen molar-refractivity contribution < 1.29 is 9.53 Å². The number of benzene rings is 1. The summed E-state index contributed by atoms with van der Waals surface area (Å²) in [6, 6.07) is 10.1. The first kappa shape index (κ1) is 14.8. The molecule has 22 heavy (non-hydrogen) atoms. The molecule has 0 atom stereocenters. The SMILES string of the molecule is COC(=O)C1CCN(Cc2cnn(-c3ccccc3)c2)CC1. The van der Waals surface area contributed by atoms with Crippen molar-refractivity contribution in [3.05, 3.63) is 48.3 Å². The van der Waals surface area contributed by atoms with Gasteiger partial charge in [-0.3, -0.25) is 9.69 Å². The molecule has 2 aromatic rings. The number of rotatable bonds is 4. The van der Waals surface area contributed by atoms with Crippen molar-refractivity contribution in [1.82, 2.24) is 14.7 Å². The predicted octanol–water partition coefficient (Wildman–Crippen LogP) is 2.26. The van der Waals surface area contributed by atoms with E-state index in [1.807, 2.05) is 41.2 Å². The van der Waals surface area contributed by atoms with Crippen LogP contribution in [0.25, 0.3) is 5.69 Å². The van der Waals surface area contributed by atoms with Crippen molar-refractivity contribution in [2.75, 3.05) is 20.2 Å². The maximum absolute atomic E-state index is 11.5. The minimum atomic E-state index is -0.0726. The van der Waals surface area contributed by atoms with E-state index in [0.717, 1.165) is 38.2 Å². The Kier molecular flexibility index (Phi) is 4.53. The Morgan fingerprint density at radius 3 is 2.68 bits per heavy atom. The Balaban J connectivity index is 1.57. The van der Waals surface area contributed by atoms with E-state index < -0.39 is 0 Å². The third-order valence-electron chi connectivity index (χ3n) is 4.19. The Labute approximate surface area is 130 Å². The fourth-order valence-electron chi connectivity index (χ4n) is 2.92. The number of methoxy groups -OCH3 is 1. The molecule has 1 aromatic carbocycles. The lowest BCUT2D eigenvalue weighted by Crippen LogP contribution is -2.36. The van der Waals surface area contributed by atoms with E-state index in [-0.39, 0.29) is 11.9 Å². The molecule has 0 radical (unpaired) electrons. The number of hydrogen-bond acceptors (Lipinski definition) is 4. The van der Waals surface area contributed by atoms with Crippen molar-refractivity contribution in [3.8, 4) is 5.69 Å². The maximum atomic E-state index is 11.5. The minimum Gasteiger partial charge on any atom is -0.469 e. The number of esters is 1. The zero-order valence-electron chi connectivity index (χ0n) is 12.8. The van der Waals surface area contributed by atoms with Crippen LogP contribution in [0.1, 0.15) is 18.4 Å². The highest BCUT2D eigenvalue weighted by Gasteiger charge is 2.25. The summed E-state index contributed by atoms with van der Waals surface area (Å²) < 4.78 is 6.72. The summed E-state index contributed by atoms with van der Waals surface area (Å²) in [6.07, 6.45) is 5.74. The van der Waals surface area contributed by atoms with E-state index in [9.17, 15) is 4.79 Å². The number of carbonyl (C=O) groups is 1. The molecule has 0 saturated carbocycles. The Morgan fingerprint density at radius 2 is 2.00 bits per heavy atom. The second kappa shape index (κ2) is 6.75. The Hall–Kier alpha value is -2.14. The summed E-state index contributed by atoms with van der Waals surface area (Å²) in [5, 5.41) is 4.42. The molecule has 5 heteroatoms. The van der Waals surface area contributed by atoms with Crippen LogP contribution in [-0.2, 0) is 16.1 Å². The lowest BCUT2D eigenvalue weighted by Gasteiger charge is -2.30. The fraction of sp³-hybridized carbons (Fsp3) is 0.412. The first-order valence-electron chi connectivity index (χ1n) is 7.65.